The van der Waals surface area contributed by atoms with Gasteiger partial charge in [-0.3, -0.25) is 14.4 Å². The van der Waals surface area contributed by atoms with E-state index in [9.17, 15) is 14.4 Å². The van der Waals surface area contributed by atoms with Crippen molar-refractivity contribution in [3.8, 4) is 0 Å². The fourth-order valence-electron chi connectivity index (χ4n) is 7.81. The van der Waals surface area contributed by atoms with E-state index in [-0.39, 0.29) is 31.1 Å². The number of hydrogen-bond donors (Lipinski definition) is 0. The number of rotatable bonds is 52. The lowest BCUT2D eigenvalue weighted by molar-refractivity contribution is -0.167. The highest BCUT2D eigenvalue weighted by atomic mass is 16.6. The number of esters is 3. The molecule has 0 aliphatic rings. The number of ether oxygens (including phenoxy) is 3. The maximum absolute atomic E-state index is 12.9. The Bertz CT molecular complexity index is 1520. The van der Waals surface area contributed by atoms with Crippen LogP contribution < -0.4 is 0 Å². The Labute approximate surface area is 443 Å². The Morgan fingerprint density at radius 3 is 0.861 bits per heavy atom. The molecule has 6 heteroatoms. The standard InChI is InChI=1S/C66H108O6/c1-4-7-10-13-16-19-22-25-27-29-30-31-32-33-34-35-36-38-39-41-44-47-50-53-56-59-65(68)71-62-63(61-70-64(67)58-55-52-49-46-43-24-21-18-15-12-9-6-3)72-66(69)60-57-54-51-48-45-42-40-37-28-26-23-20-17-14-11-8-5-2/h7-8,10-11,16-21,25-28,30-31,33-34,40,42,63H,4-6,9,12-15,22-24,29,32,35-39,41,43-62H2,1-3H3/b10-7-,11-8-,19-16-,20-17-,21-18-,27-25-,28-26-,31-30-,34-33-,42-40-. The Morgan fingerprint density at radius 2 is 0.542 bits per heavy atom. The van der Waals surface area contributed by atoms with Crippen molar-refractivity contribution in [3.63, 3.8) is 0 Å². The molecule has 0 radical (unpaired) electrons. The lowest BCUT2D eigenvalue weighted by Crippen LogP contribution is -2.30. The maximum atomic E-state index is 12.9. The molecular weight excluding hydrogens is 889 g/mol. The number of allylic oxidation sites excluding steroid dienone is 20. The van der Waals surface area contributed by atoms with Gasteiger partial charge in [-0.1, -0.05) is 232 Å². The van der Waals surface area contributed by atoms with Crippen LogP contribution in [0.4, 0.5) is 0 Å². The third kappa shape index (κ3) is 56.7. The predicted molar refractivity (Wildman–Crippen MR) is 311 cm³/mol. The minimum absolute atomic E-state index is 0.0964. The van der Waals surface area contributed by atoms with Crippen LogP contribution in [0.2, 0.25) is 0 Å². The molecule has 0 heterocycles. The molecular formula is C66H108O6. The number of carbonyl (C=O) groups is 3. The normalized spacial score (nSPS) is 13.0. The fourth-order valence-corrected chi connectivity index (χ4v) is 7.81. The maximum Gasteiger partial charge on any atom is 0.306 e. The molecule has 0 amide bonds. The fraction of sp³-hybridized carbons (Fsp3) is 0.652. The van der Waals surface area contributed by atoms with Crippen LogP contribution in [0, 0.1) is 0 Å². The van der Waals surface area contributed by atoms with E-state index in [1.165, 1.54) is 70.6 Å². The quantitative estimate of drug-likeness (QED) is 0.0261. The zero-order valence-corrected chi connectivity index (χ0v) is 46.7. The van der Waals surface area contributed by atoms with Gasteiger partial charge in [0.05, 0.1) is 0 Å². The van der Waals surface area contributed by atoms with Crippen LogP contribution in [0.1, 0.15) is 258 Å². The highest BCUT2D eigenvalue weighted by molar-refractivity contribution is 5.71. The second-order valence-corrected chi connectivity index (χ2v) is 19.1. The third-order valence-corrected chi connectivity index (χ3v) is 12.2. The second-order valence-electron chi connectivity index (χ2n) is 19.1. The van der Waals surface area contributed by atoms with Crippen LogP contribution >= 0.6 is 0 Å². The molecule has 0 bridgehead atoms. The van der Waals surface area contributed by atoms with Crippen molar-refractivity contribution in [1.29, 1.82) is 0 Å². The summed E-state index contributed by atoms with van der Waals surface area (Å²) in [5.74, 6) is -0.936. The smallest absolute Gasteiger partial charge is 0.306 e. The van der Waals surface area contributed by atoms with E-state index in [1.54, 1.807) is 0 Å². The Morgan fingerprint density at radius 1 is 0.292 bits per heavy atom. The molecule has 0 aliphatic carbocycles. The van der Waals surface area contributed by atoms with Crippen molar-refractivity contribution in [3.05, 3.63) is 122 Å². The van der Waals surface area contributed by atoms with Crippen molar-refractivity contribution in [2.45, 2.75) is 264 Å². The average molecular weight is 998 g/mol. The molecule has 0 aromatic carbocycles. The molecule has 0 N–H and O–H groups in total. The van der Waals surface area contributed by atoms with Gasteiger partial charge in [0.25, 0.3) is 0 Å². The first-order chi connectivity index (χ1) is 35.5. The summed E-state index contributed by atoms with van der Waals surface area (Å²) >= 11 is 0. The van der Waals surface area contributed by atoms with Crippen LogP contribution in [-0.2, 0) is 28.6 Å². The zero-order chi connectivity index (χ0) is 52.2. The summed E-state index contributed by atoms with van der Waals surface area (Å²) in [4.78, 5) is 38.2. The van der Waals surface area contributed by atoms with Gasteiger partial charge in [-0.25, -0.2) is 0 Å². The van der Waals surface area contributed by atoms with Crippen molar-refractivity contribution < 1.29 is 28.6 Å². The van der Waals surface area contributed by atoms with E-state index in [0.29, 0.717) is 19.3 Å². The molecule has 0 rings (SSSR count). The van der Waals surface area contributed by atoms with E-state index in [0.717, 1.165) is 148 Å². The van der Waals surface area contributed by atoms with Crippen molar-refractivity contribution >= 4 is 17.9 Å². The second kappa shape index (κ2) is 59.4. The van der Waals surface area contributed by atoms with E-state index in [1.807, 2.05) is 0 Å². The summed E-state index contributed by atoms with van der Waals surface area (Å²) in [7, 11) is 0. The van der Waals surface area contributed by atoms with Crippen LogP contribution in [0.3, 0.4) is 0 Å². The summed E-state index contributed by atoms with van der Waals surface area (Å²) in [5.41, 5.74) is 0. The van der Waals surface area contributed by atoms with Gasteiger partial charge in [0.15, 0.2) is 6.10 Å². The van der Waals surface area contributed by atoms with Gasteiger partial charge in [-0.15, -0.1) is 0 Å². The van der Waals surface area contributed by atoms with Gasteiger partial charge in [-0.2, -0.15) is 0 Å². The first-order valence-corrected chi connectivity index (χ1v) is 29.5. The van der Waals surface area contributed by atoms with Gasteiger partial charge >= 0.3 is 17.9 Å². The van der Waals surface area contributed by atoms with E-state index < -0.39 is 6.10 Å². The van der Waals surface area contributed by atoms with Gasteiger partial charge < -0.3 is 14.2 Å². The van der Waals surface area contributed by atoms with Gasteiger partial charge in [0.2, 0.25) is 0 Å². The lowest BCUT2D eigenvalue weighted by Gasteiger charge is -2.18. The molecule has 0 spiro atoms. The molecule has 0 saturated heterocycles. The minimum atomic E-state index is -0.800. The van der Waals surface area contributed by atoms with Gasteiger partial charge in [0, 0.05) is 19.3 Å². The van der Waals surface area contributed by atoms with Crippen LogP contribution in [0.25, 0.3) is 0 Å². The molecule has 0 fully saturated rings. The largest absolute Gasteiger partial charge is 0.462 e. The number of carbonyl (C=O) groups excluding carboxylic acids is 3. The monoisotopic (exact) mass is 997 g/mol. The molecule has 0 aromatic heterocycles. The molecule has 72 heavy (non-hydrogen) atoms. The van der Waals surface area contributed by atoms with Gasteiger partial charge in [-0.05, 0) is 128 Å². The molecule has 6 nitrogen and oxygen atoms in total. The Kier molecular flexibility index (Phi) is 55.9. The Balaban J connectivity index is 4.38. The first-order valence-electron chi connectivity index (χ1n) is 29.5. The van der Waals surface area contributed by atoms with E-state index >= 15 is 0 Å². The average Bonchev–Trinajstić information content (AvgIpc) is 3.38. The third-order valence-electron chi connectivity index (χ3n) is 12.2. The molecule has 1 unspecified atom stereocenters. The number of unbranched alkanes of at least 4 members (excludes halogenated alkanes) is 21. The molecule has 0 saturated carbocycles. The zero-order valence-electron chi connectivity index (χ0n) is 46.7. The van der Waals surface area contributed by atoms with Crippen molar-refractivity contribution in [2.75, 3.05) is 13.2 Å². The van der Waals surface area contributed by atoms with Crippen LogP contribution in [0.15, 0.2) is 122 Å². The Hall–Kier alpha value is -4.19. The minimum Gasteiger partial charge on any atom is -0.462 e. The summed E-state index contributed by atoms with van der Waals surface area (Å²) < 4.78 is 16.8. The molecule has 408 valence electrons. The SMILES string of the molecule is CC/C=C\C/C=C\C/C=C\C/C=C\C/C=C\CCCCCCCCCCCC(=O)OCC(COC(=O)CCCCCCC/C=C\CCCCC)OC(=O)CCCCCC/C=C\C/C=C\C/C=C\C/C=C\CC. The molecule has 0 aliphatic heterocycles. The van der Waals surface area contributed by atoms with Crippen molar-refractivity contribution in [2.24, 2.45) is 0 Å². The summed E-state index contributed by atoms with van der Waals surface area (Å²) in [5, 5.41) is 0. The molecule has 0 aromatic rings. The van der Waals surface area contributed by atoms with Gasteiger partial charge in [0.1, 0.15) is 13.2 Å². The van der Waals surface area contributed by atoms with Crippen LogP contribution in [-0.4, -0.2) is 37.2 Å². The highest BCUT2D eigenvalue weighted by Gasteiger charge is 2.19. The topological polar surface area (TPSA) is 78.9 Å². The summed E-state index contributed by atoms with van der Waals surface area (Å²) in [6.07, 6.45) is 81.9. The summed E-state index contributed by atoms with van der Waals surface area (Å²) in [6, 6.07) is 0. The summed E-state index contributed by atoms with van der Waals surface area (Å²) in [6.45, 7) is 6.35. The first kappa shape index (κ1) is 67.8. The number of hydrogen-bond acceptors (Lipinski definition) is 6. The lowest BCUT2D eigenvalue weighted by atomic mass is 10.1. The predicted octanol–water partition coefficient (Wildman–Crippen LogP) is 20.0. The highest BCUT2D eigenvalue weighted by Crippen LogP contribution is 2.14. The van der Waals surface area contributed by atoms with E-state index in [4.69, 9.17) is 14.2 Å². The van der Waals surface area contributed by atoms with Crippen molar-refractivity contribution in [1.82, 2.24) is 0 Å². The van der Waals surface area contributed by atoms with E-state index in [2.05, 4.69) is 142 Å². The van der Waals surface area contributed by atoms with Crippen LogP contribution in [0.5, 0.6) is 0 Å². The molecule has 1 atom stereocenters.